The van der Waals surface area contributed by atoms with Gasteiger partial charge in [0, 0.05) is 31.1 Å². The molecule has 0 spiro atoms. The average molecular weight is 391 g/mol. The predicted octanol–water partition coefficient (Wildman–Crippen LogP) is 4.82. The molecule has 3 rings (SSSR count). The third-order valence-electron chi connectivity index (χ3n) is 4.39. The van der Waals surface area contributed by atoms with Gasteiger partial charge in [0.05, 0.1) is 10.7 Å². The Morgan fingerprint density at radius 1 is 1.15 bits per heavy atom. The van der Waals surface area contributed by atoms with Crippen LogP contribution >= 0.6 is 23.2 Å². The first-order chi connectivity index (χ1) is 12.5. The summed E-state index contributed by atoms with van der Waals surface area (Å²) < 4.78 is 0. The van der Waals surface area contributed by atoms with Crippen molar-refractivity contribution in [3.05, 3.63) is 64.1 Å². The van der Waals surface area contributed by atoms with Crippen molar-refractivity contribution < 1.29 is 9.90 Å². The molecular weight excluding hydrogens is 371 g/mol. The van der Waals surface area contributed by atoms with E-state index in [0.29, 0.717) is 28.7 Å². The van der Waals surface area contributed by atoms with Crippen LogP contribution in [0.2, 0.25) is 10.0 Å². The van der Waals surface area contributed by atoms with Crippen molar-refractivity contribution in [2.45, 2.75) is 12.8 Å². The minimum absolute atomic E-state index is 0.0810. The number of rotatable bonds is 5. The Bertz CT molecular complexity index is 819. The molecule has 1 amide bonds. The van der Waals surface area contributed by atoms with E-state index in [2.05, 4.69) is 16.3 Å². The molecule has 2 N–H and O–H groups in total. The van der Waals surface area contributed by atoms with Gasteiger partial charge >= 0.3 is 0 Å². The second kappa shape index (κ2) is 8.58. The molecule has 1 heterocycles. The predicted molar refractivity (Wildman–Crippen MR) is 107 cm³/mol. The number of nitrogens with one attached hydrogen (secondary N) is 1. The lowest BCUT2D eigenvalue weighted by molar-refractivity contribution is -0.116. The lowest BCUT2D eigenvalue weighted by Crippen LogP contribution is -2.31. The summed E-state index contributed by atoms with van der Waals surface area (Å²) in [6.45, 7) is 2.39. The Kier molecular flexibility index (Phi) is 6.20. The van der Waals surface area contributed by atoms with Gasteiger partial charge in [0.25, 0.3) is 0 Å². The Labute approximate surface area is 163 Å². The van der Waals surface area contributed by atoms with Crippen LogP contribution in [-0.4, -0.2) is 35.5 Å². The zero-order chi connectivity index (χ0) is 18.5. The third-order valence-corrected chi connectivity index (χ3v) is 4.95. The molecule has 2 aromatic rings. The van der Waals surface area contributed by atoms with Crippen LogP contribution in [0.25, 0.3) is 5.57 Å². The molecule has 0 fully saturated rings. The van der Waals surface area contributed by atoms with E-state index in [1.807, 2.05) is 12.1 Å². The Hall–Kier alpha value is -2.01. The second-order valence-electron chi connectivity index (χ2n) is 6.25. The van der Waals surface area contributed by atoms with Crippen LogP contribution in [0.1, 0.15) is 18.4 Å². The van der Waals surface area contributed by atoms with Crippen LogP contribution < -0.4 is 5.32 Å². The largest absolute Gasteiger partial charge is 0.508 e. The summed E-state index contributed by atoms with van der Waals surface area (Å²) in [5, 5.41) is 13.2. The molecule has 0 radical (unpaired) electrons. The lowest BCUT2D eigenvalue weighted by atomic mass is 9.99. The van der Waals surface area contributed by atoms with Gasteiger partial charge in [-0.15, -0.1) is 0 Å². The van der Waals surface area contributed by atoms with E-state index in [4.69, 9.17) is 23.2 Å². The Morgan fingerprint density at radius 3 is 2.62 bits per heavy atom. The number of anilines is 1. The maximum Gasteiger partial charge on any atom is 0.225 e. The fourth-order valence-electron chi connectivity index (χ4n) is 2.92. The van der Waals surface area contributed by atoms with E-state index >= 15 is 0 Å². The van der Waals surface area contributed by atoms with Crippen molar-refractivity contribution in [1.29, 1.82) is 0 Å². The summed E-state index contributed by atoms with van der Waals surface area (Å²) in [6, 6.07) is 12.3. The van der Waals surface area contributed by atoms with E-state index in [1.165, 1.54) is 5.57 Å². The van der Waals surface area contributed by atoms with Crippen LogP contribution in [0.5, 0.6) is 5.75 Å². The second-order valence-corrected chi connectivity index (χ2v) is 7.09. The minimum atomic E-state index is -0.0810. The zero-order valence-corrected chi connectivity index (χ0v) is 15.7. The van der Waals surface area contributed by atoms with Gasteiger partial charge in [0.15, 0.2) is 0 Å². The molecule has 1 aliphatic heterocycles. The van der Waals surface area contributed by atoms with Gasteiger partial charge < -0.3 is 10.4 Å². The highest BCUT2D eigenvalue weighted by atomic mass is 35.5. The number of halogens is 2. The summed E-state index contributed by atoms with van der Waals surface area (Å²) in [6.07, 6.45) is 3.50. The van der Waals surface area contributed by atoms with Gasteiger partial charge in [0.1, 0.15) is 5.75 Å². The van der Waals surface area contributed by atoms with Gasteiger partial charge in [0.2, 0.25) is 5.91 Å². The quantitative estimate of drug-likeness (QED) is 0.769. The smallest absolute Gasteiger partial charge is 0.225 e. The SMILES string of the molecule is O=C(CCN1CC=C(c2ccc(O)cc2)CC1)Nc1cc(Cl)ccc1Cl. The molecule has 6 heteroatoms. The molecule has 0 saturated heterocycles. The van der Waals surface area contributed by atoms with E-state index in [9.17, 15) is 9.90 Å². The summed E-state index contributed by atoms with van der Waals surface area (Å²) in [5.41, 5.74) is 2.95. The van der Waals surface area contributed by atoms with Crippen molar-refractivity contribution in [3.63, 3.8) is 0 Å². The van der Waals surface area contributed by atoms with E-state index in [1.54, 1.807) is 30.3 Å². The third kappa shape index (κ3) is 5.01. The zero-order valence-electron chi connectivity index (χ0n) is 14.2. The molecule has 0 aliphatic carbocycles. The van der Waals surface area contributed by atoms with Crippen LogP contribution in [-0.2, 0) is 4.79 Å². The fraction of sp³-hybridized carbons (Fsp3) is 0.250. The molecule has 0 bridgehead atoms. The van der Waals surface area contributed by atoms with Crippen molar-refractivity contribution in [1.82, 2.24) is 4.90 Å². The summed E-state index contributed by atoms with van der Waals surface area (Å²) >= 11 is 12.0. The first-order valence-corrected chi connectivity index (χ1v) is 9.22. The van der Waals surface area contributed by atoms with E-state index < -0.39 is 0 Å². The number of hydrogen-bond donors (Lipinski definition) is 2. The van der Waals surface area contributed by atoms with Gasteiger partial charge in [-0.1, -0.05) is 41.4 Å². The first kappa shape index (κ1) is 18.8. The minimum Gasteiger partial charge on any atom is -0.508 e. The summed E-state index contributed by atoms with van der Waals surface area (Å²) in [7, 11) is 0. The van der Waals surface area contributed by atoms with E-state index in [-0.39, 0.29) is 11.7 Å². The number of carbonyl (C=O) groups excluding carboxylic acids is 1. The molecule has 2 aromatic carbocycles. The van der Waals surface area contributed by atoms with Gasteiger partial charge in [-0.05, 0) is 47.9 Å². The topological polar surface area (TPSA) is 52.6 Å². The van der Waals surface area contributed by atoms with Crippen LogP contribution in [0, 0.1) is 0 Å². The Morgan fingerprint density at radius 2 is 1.92 bits per heavy atom. The molecule has 0 saturated carbocycles. The van der Waals surface area contributed by atoms with Crippen LogP contribution in [0.15, 0.2) is 48.5 Å². The molecule has 1 aliphatic rings. The molecular formula is C20H20Cl2N2O2. The maximum absolute atomic E-state index is 12.2. The molecule has 0 aromatic heterocycles. The maximum atomic E-state index is 12.2. The number of aromatic hydroxyl groups is 1. The monoisotopic (exact) mass is 390 g/mol. The highest BCUT2D eigenvalue weighted by molar-refractivity contribution is 6.35. The van der Waals surface area contributed by atoms with E-state index in [0.717, 1.165) is 25.1 Å². The van der Waals surface area contributed by atoms with Crippen molar-refractivity contribution in [2.24, 2.45) is 0 Å². The standard InChI is InChI=1S/C20H20Cl2N2O2/c21-16-3-6-18(22)19(13-16)23-20(26)9-12-24-10-7-15(8-11-24)14-1-4-17(25)5-2-14/h1-7,13,25H,8-12H2,(H,23,26). The first-order valence-electron chi connectivity index (χ1n) is 8.47. The van der Waals surface area contributed by atoms with Gasteiger partial charge in [-0.3, -0.25) is 9.69 Å². The fourth-order valence-corrected chi connectivity index (χ4v) is 3.25. The van der Waals surface area contributed by atoms with Crippen molar-refractivity contribution >= 4 is 40.4 Å². The number of benzene rings is 2. The van der Waals surface area contributed by atoms with Gasteiger partial charge in [-0.2, -0.15) is 0 Å². The molecule has 4 nitrogen and oxygen atoms in total. The number of phenols is 1. The van der Waals surface area contributed by atoms with Crippen molar-refractivity contribution in [2.75, 3.05) is 25.0 Å². The lowest BCUT2D eigenvalue weighted by Gasteiger charge is -2.26. The Balaban J connectivity index is 1.49. The van der Waals surface area contributed by atoms with Crippen molar-refractivity contribution in [3.8, 4) is 5.75 Å². The highest BCUT2D eigenvalue weighted by Crippen LogP contribution is 2.26. The molecule has 26 heavy (non-hydrogen) atoms. The number of amides is 1. The number of hydrogen-bond acceptors (Lipinski definition) is 3. The number of phenolic OH excluding ortho intramolecular Hbond substituents is 1. The van der Waals surface area contributed by atoms with Crippen LogP contribution in [0.3, 0.4) is 0 Å². The molecule has 136 valence electrons. The van der Waals surface area contributed by atoms with Crippen LogP contribution in [0.4, 0.5) is 5.69 Å². The number of carbonyl (C=O) groups is 1. The molecule has 0 atom stereocenters. The highest BCUT2D eigenvalue weighted by Gasteiger charge is 2.14. The normalized spacial score (nSPS) is 14.8. The summed E-state index contributed by atoms with van der Waals surface area (Å²) in [4.78, 5) is 14.4. The summed E-state index contributed by atoms with van der Waals surface area (Å²) in [5.74, 6) is 0.195. The van der Waals surface area contributed by atoms with Gasteiger partial charge in [-0.25, -0.2) is 0 Å². The average Bonchev–Trinajstić information content (AvgIpc) is 2.64. The molecule has 0 unspecified atom stereocenters. The number of nitrogens with zero attached hydrogens (tertiary/aromatic N) is 1.